The lowest BCUT2D eigenvalue weighted by Gasteiger charge is -2.29. The molecule has 4 rings (SSSR count). The Kier molecular flexibility index (Phi) is 4.30. The Balaban J connectivity index is 1.66. The highest BCUT2D eigenvalue weighted by atomic mass is 16.5. The van der Waals surface area contributed by atoms with Crippen molar-refractivity contribution in [3.05, 3.63) is 58.3 Å². The molecule has 1 aliphatic rings. The lowest BCUT2D eigenvalue weighted by molar-refractivity contribution is 0.0728. The standard InChI is InChI=1S/C22H24N2O3/c1-13-5-6-17-14(2)21(23-18(17)9-13)22(25)24-8-7-15-10-19(26-3)20(27-4)11-16(15)12-24/h5-6,9-11,23H,7-8,12H2,1-4H3. The fraction of sp³-hybridized carbons (Fsp3) is 0.318. The maximum Gasteiger partial charge on any atom is 0.270 e. The van der Waals surface area contributed by atoms with E-state index in [1.54, 1.807) is 14.2 Å². The zero-order valence-electron chi connectivity index (χ0n) is 16.2. The van der Waals surface area contributed by atoms with E-state index >= 15 is 0 Å². The van der Waals surface area contributed by atoms with Gasteiger partial charge >= 0.3 is 0 Å². The number of hydrogen-bond acceptors (Lipinski definition) is 3. The van der Waals surface area contributed by atoms with Gasteiger partial charge in [0.05, 0.1) is 14.2 Å². The van der Waals surface area contributed by atoms with Crippen molar-refractivity contribution in [2.45, 2.75) is 26.8 Å². The van der Waals surface area contributed by atoms with Crippen molar-refractivity contribution in [2.24, 2.45) is 0 Å². The van der Waals surface area contributed by atoms with E-state index in [0.29, 0.717) is 24.5 Å². The summed E-state index contributed by atoms with van der Waals surface area (Å²) in [6, 6.07) is 10.2. The number of amides is 1. The molecule has 140 valence electrons. The molecule has 1 amide bonds. The van der Waals surface area contributed by atoms with Crippen LogP contribution in [0.3, 0.4) is 0 Å². The third-order valence-electron chi connectivity index (χ3n) is 5.43. The highest BCUT2D eigenvalue weighted by Crippen LogP contribution is 2.34. The van der Waals surface area contributed by atoms with Crippen LogP contribution in [0.5, 0.6) is 11.5 Å². The molecule has 2 heterocycles. The first kappa shape index (κ1) is 17.5. The molecule has 1 N–H and O–H groups in total. The Morgan fingerprint density at radius 3 is 2.44 bits per heavy atom. The van der Waals surface area contributed by atoms with Crippen molar-refractivity contribution >= 4 is 16.8 Å². The summed E-state index contributed by atoms with van der Waals surface area (Å²) in [5.41, 5.74) is 6.19. The van der Waals surface area contributed by atoms with E-state index in [2.05, 4.69) is 30.1 Å². The van der Waals surface area contributed by atoms with Crippen molar-refractivity contribution in [1.82, 2.24) is 9.88 Å². The minimum atomic E-state index is 0.0433. The van der Waals surface area contributed by atoms with Crippen molar-refractivity contribution in [1.29, 1.82) is 0 Å². The van der Waals surface area contributed by atoms with Crippen LogP contribution in [-0.4, -0.2) is 36.6 Å². The fourth-order valence-electron chi connectivity index (χ4n) is 3.88. The maximum absolute atomic E-state index is 13.2. The largest absolute Gasteiger partial charge is 0.493 e. The molecule has 3 aromatic rings. The van der Waals surface area contributed by atoms with Gasteiger partial charge in [0, 0.05) is 24.0 Å². The predicted octanol–water partition coefficient (Wildman–Crippen LogP) is 4.00. The molecule has 0 bridgehead atoms. The molecular formula is C22H24N2O3. The first-order valence-corrected chi connectivity index (χ1v) is 9.13. The summed E-state index contributed by atoms with van der Waals surface area (Å²) in [6.07, 6.45) is 0.805. The van der Waals surface area contributed by atoms with Crippen LogP contribution in [0.4, 0.5) is 0 Å². The van der Waals surface area contributed by atoms with Gasteiger partial charge in [-0.3, -0.25) is 4.79 Å². The van der Waals surface area contributed by atoms with Gasteiger partial charge in [0.2, 0.25) is 0 Å². The Morgan fingerprint density at radius 1 is 1.04 bits per heavy atom. The summed E-state index contributed by atoms with van der Waals surface area (Å²) in [6.45, 7) is 5.32. The molecule has 0 saturated heterocycles. The molecule has 0 spiro atoms. The summed E-state index contributed by atoms with van der Waals surface area (Å²) in [4.78, 5) is 18.4. The molecule has 27 heavy (non-hydrogen) atoms. The second-order valence-electron chi connectivity index (χ2n) is 7.13. The molecule has 2 aromatic carbocycles. The van der Waals surface area contributed by atoms with E-state index in [0.717, 1.165) is 34.2 Å². The molecule has 5 nitrogen and oxygen atoms in total. The van der Waals surface area contributed by atoms with Crippen LogP contribution >= 0.6 is 0 Å². The van der Waals surface area contributed by atoms with E-state index in [4.69, 9.17) is 9.47 Å². The first-order chi connectivity index (χ1) is 13.0. The van der Waals surface area contributed by atoms with Gasteiger partial charge in [0.1, 0.15) is 5.69 Å². The molecule has 0 unspecified atom stereocenters. The summed E-state index contributed by atoms with van der Waals surface area (Å²) < 4.78 is 10.8. The number of aromatic nitrogens is 1. The number of nitrogens with zero attached hydrogens (tertiary/aromatic N) is 1. The van der Waals surface area contributed by atoms with Gasteiger partial charge in [0.15, 0.2) is 11.5 Å². The van der Waals surface area contributed by atoms with Crippen LogP contribution in [0.15, 0.2) is 30.3 Å². The SMILES string of the molecule is COc1cc2c(cc1OC)CN(C(=O)c1[nH]c3cc(C)ccc3c1C)CC2. The van der Waals surface area contributed by atoms with Crippen LogP contribution in [0.1, 0.15) is 32.7 Å². The Labute approximate surface area is 158 Å². The van der Waals surface area contributed by atoms with E-state index in [1.807, 2.05) is 24.0 Å². The van der Waals surface area contributed by atoms with Crippen LogP contribution in [0.25, 0.3) is 10.9 Å². The fourth-order valence-corrected chi connectivity index (χ4v) is 3.88. The van der Waals surface area contributed by atoms with Gasteiger partial charge in [-0.1, -0.05) is 12.1 Å². The first-order valence-electron chi connectivity index (χ1n) is 9.13. The molecule has 0 fully saturated rings. The van der Waals surface area contributed by atoms with Gasteiger partial charge in [-0.25, -0.2) is 0 Å². The van der Waals surface area contributed by atoms with Crippen molar-refractivity contribution in [3.8, 4) is 11.5 Å². The monoisotopic (exact) mass is 364 g/mol. The van der Waals surface area contributed by atoms with Crippen LogP contribution < -0.4 is 9.47 Å². The van der Waals surface area contributed by atoms with E-state index in [1.165, 1.54) is 11.1 Å². The number of benzene rings is 2. The second-order valence-corrected chi connectivity index (χ2v) is 7.13. The number of methoxy groups -OCH3 is 2. The van der Waals surface area contributed by atoms with Gasteiger partial charge in [-0.15, -0.1) is 0 Å². The number of aromatic amines is 1. The number of ether oxygens (including phenoxy) is 2. The molecular weight excluding hydrogens is 340 g/mol. The normalized spacial score (nSPS) is 13.6. The van der Waals surface area contributed by atoms with Gasteiger partial charge in [-0.05, 0) is 60.7 Å². The number of aryl methyl sites for hydroxylation is 2. The number of carbonyl (C=O) groups excluding carboxylic acids is 1. The lowest BCUT2D eigenvalue weighted by atomic mass is 9.98. The smallest absolute Gasteiger partial charge is 0.270 e. The summed E-state index contributed by atoms with van der Waals surface area (Å²) in [7, 11) is 3.27. The van der Waals surface area contributed by atoms with Crippen molar-refractivity contribution in [3.63, 3.8) is 0 Å². The Bertz CT molecular complexity index is 1040. The zero-order chi connectivity index (χ0) is 19.1. The minimum absolute atomic E-state index is 0.0433. The second kappa shape index (κ2) is 6.65. The average Bonchev–Trinajstić information content (AvgIpc) is 3.01. The average molecular weight is 364 g/mol. The lowest BCUT2D eigenvalue weighted by Crippen LogP contribution is -2.36. The molecule has 1 aliphatic heterocycles. The number of carbonyl (C=O) groups is 1. The van der Waals surface area contributed by atoms with Gasteiger partial charge in [-0.2, -0.15) is 0 Å². The number of nitrogens with one attached hydrogen (secondary N) is 1. The molecule has 0 radical (unpaired) electrons. The Hall–Kier alpha value is -2.95. The van der Waals surface area contributed by atoms with Crippen LogP contribution in [0.2, 0.25) is 0 Å². The maximum atomic E-state index is 13.2. The quantitative estimate of drug-likeness (QED) is 0.764. The highest BCUT2D eigenvalue weighted by molar-refractivity contribution is 6.01. The number of rotatable bonds is 3. The van der Waals surface area contributed by atoms with E-state index in [-0.39, 0.29) is 5.91 Å². The van der Waals surface area contributed by atoms with Crippen molar-refractivity contribution in [2.75, 3.05) is 20.8 Å². The number of H-pyrrole nitrogens is 1. The molecule has 0 saturated carbocycles. The van der Waals surface area contributed by atoms with Crippen molar-refractivity contribution < 1.29 is 14.3 Å². The van der Waals surface area contributed by atoms with E-state index < -0.39 is 0 Å². The third kappa shape index (κ3) is 2.93. The topological polar surface area (TPSA) is 54.6 Å². The third-order valence-corrected chi connectivity index (χ3v) is 5.43. The molecule has 0 aliphatic carbocycles. The molecule has 5 heteroatoms. The zero-order valence-corrected chi connectivity index (χ0v) is 16.2. The number of fused-ring (bicyclic) bond motifs is 2. The van der Waals surface area contributed by atoms with Gasteiger partial charge < -0.3 is 19.4 Å². The molecule has 1 aromatic heterocycles. The van der Waals surface area contributed by atoms with E-state index in [9.17, 15) is 4.79 Å². The minimum Gasteiger partial charge on any atom is -0.493 e. The molecule has 0 atom stereocenters. The van der Waals surface area contributed by atoms with Crippen LogP contribution in [-0.2, 0) is 13.0 Å². The van der Waals surface area contributed by atoms with Crippen LogP contribution in [0, 0.1) is 13.8 Å². The highest BCUT2D eigenvalue weighted by Gasteiger charge is 2.26. The van der Waals surface area contributed by atoms with Gasteiger partial charge in [0.25, 0.3) is 5.91 Å². The summed E-state index contributed by atoms with van der Waals surface area (Å²) in [5, 5.41) is 1.10. The Morgan fingerprint density at radius 2 is 1.74 bits per heavy atom. The predicted molar refractivity (Wildman–Crippen MR) is 106 cm³/mol. The summed E-state index contributed by atoms with van der Waals surface area (Å²) in [5.74, 6) is 1.47. The summed E-state index contributed by atoms with van der Waals surface area (Å²) >= 11 is 0. The number of hydrogen-bond donors (Lipinski definition) is 1.